The molecular formula is C16H17Cl2NO6. The van der Waals surface area contributed by atoms with Gasteiger partial charge >= 0.3 is 11.9 Å². The summed E-state index contributed by atoms with van der Waals surface area (Å²) in [4.78, 5) is 26.9. The summed E-state index contributed by atoms with van der Waals surface area (Å²) in [5.74, 6) is -1.97. The Bertz CT molecular complexity index is 652. The van der Waals surface area contributed by atoms with E-state index >= 15 is 0 Å². The molecule has 1 aliphatic rings. The van der Waals surface area contributed by atoms with Crippen molar-refractivity contribution < 1.29 is 29.0 Å². The van der Waals surface area contributed by atoms with Crippen molar-refractivity contribution in [2.75, 3.05) is 26.3 Å². The molecule has 0 radical (unpaired) electrons. The van der Waals surface area contributed by atoms with Crippen molar-refractivity contribution in [1.82, 2.24) is 5.06 Å². The van der Waals surface area contributed by atoms with Gasteiger partial charge in [0.2, 0.25) is 0 Å². The molecule has 1 saturated heterocycles. The maximum Gasteiger partial charge on any atom is 0.349 e. The van der Waals surface area contributed by atoms with Crippen LogP contribution in [0.4, 0.5) is 0 Å². The molecule has 0 saturated carbocycles. The van der Waals surface area contributed by atoms with Gasteiger partial charge < -0.3 is 19.4 Å². The second-order valence-electron chi connectivity index (χ2n) is 5.23. The van der Waals surface area contributed by atoms with E-state index in [4.69, 9.17) is 42.6 Å². The molecule has 7 nitrogen and oxygen atoms in total. The standard InChI is InChI=1S/C16H17Cl2NO6/c17-13-2-1-11(7-14(13)18)9-23-10-12-8-19(5-6-24-12)25-16(22)4-3-15(20)21/h1-4,7,12H,5-6,8-10H2,(H,20,21)/b4-3-. The van der Waals surface area contributed by atoms with E-state index < -0.39 is 11.9 Å². The highest BCUT2D eigenvalue weighted by Gasteiger charge is 2.23. The largest absolute Gasteiger partial charge is 0.478 e. The van der Waals surface area contributed by atoms with Crippen molar-refractivity contribution in [3.8, 4) is 0 Å². The van der Waals surface area contributed by atoms with Crippen molar-refractivity contribution in [2.45, 2.75) is 12.7 Å². The van der Waals surface area contributed by atoms with Gasteiger partial charge in [-0.05, 0) is 17.7 Å². The van der Waals surface area contributed by atoms with Gasteiger partial charge in [-0.3, -0.25) is 0 Å². The molecule has 0 aromatic heterocycles. The Morgan fingerprint density at radius 2 is 2.12 bits per heavy atom. The van der Waals surface area contributed by atoms with E-state index in [0.717, 1.165) is 17.7 Å². The third-order valence-corrected chi connectivity index (χ3v) is 3.98. The molecule has 1 N–H and O–H groups in total. The van der Waals surface area contributed by atoms with Gasteiger partial charge in [-0.1, -0.05) is 29.3 Å². The molecule has 1 aromatic rings. The van der Waals surface area contributed by atoms with Crippen LogP contribution in [0, 0.1) is 0 Å². The molecule has 1 heterocycles. The number of nitrogens with zero attached hydrogens (tertiary/aromatic N) is 1. The van der Waals surface area contributed by atoms with Crippen molar-refractivity contribution in [3.05, 3.63) is 46.0 Å². The number of hydrogen-bond acceptors (Lipinski definition) is 6. The monoisotopic (exact) mass is 389 g/mol. The van der Waals surface area contributed by atoms with Gasteiger partial charge in [-0.15, -0.1) is 5.06 Å². The van der Waals surface area contributed by atoms with Gasteiger partial charge in [0, 0.05) is 12.2 Å². The molecule has 136 valence electrons. The first-order chi connectivity index (χ1) is 11.9. The number of hydroxylamine groups is 2. The number of morpholine rings is 1. The first-order valence-corrected chi connectivity index (χ1v) is 8.21. The molecule has 2 rings (SSSR count). The molecule has 0 spiro atoms. The number of hydrogen-bond donors (Lipinski definition) is 1. The molecule has 1 aliphatic heterocycles. The normalized spacial score (nSPS) is 18.4. The van der Waals surface area contributed by atoms with Gasteiger partial charge in [0.1, 0.15) is 0 Å². The fourth-order valence-corrected chi connectivity index (χ4v) is 2.43. The Balaban J connectivity index is 1.74. The lowest BCUT2D eigenvalue weighted by molar-refractivity contribution is -0.214. The number of carboxylic acids is 1. The summed E-state index contributed by atoms with van der Waals surface area (Å²) < 4.78 is 11.2. The maximum atomic E-state index is 11.5. The van der Waals surface area contributed by atoms with Crippen LogP contribution >= 0.6 is 23.2 Å². The summed E-state index contributed by atoms with van der Waals surface area (Å²) in [6, 6.07) is 5.25. The number of carboxylic acid groups (broad SMARTS) is 1. The molecule has 25 heavy (non-hydrogen) atoms. The Hall–Kier alpha value is -1.64. The second kappa shape index (κ2) is 9.74. The zero-order chi connectivity index (χ0) is 18.2. The Kier molecular flexibility index (Phi) is 7.67. The van der Waals surface area contributed by atoms with Crippen molar-refractivity contribution in [1.29, 1.82) is 0 Å². The number of aliphatic carboxylic acids is 1. The molecule has 9 heteroatoms. The first kappa shape index (κ1) is 19.7. The molecule has 0 amide bonds. The minimum Gasteiger partial charge on any atom is -0.478 e. The van der Waals surface area contributed by atoms with Crippen LogP contribution in [0.1, 0.15) is 5.56 Å². The Labute approximate surface area is 154 Å². The van der Waals surface area contributed by atoms with Crippen molar-refractivity contribution in [2.24, 2.45) is 0 Å². The summed E-state index contributed by atoms with van der Waals surface area (Å²) >= 11 is 11.8. The van der Waals surface area contributed by atoms with Gasteiger partial charge in [-0.2, -0.15) is 0 Å². The Morgan fingerprint density at radius 3 is 2.84 bits per heavy atom. The van der Waals surface area contributed by atoms with Gasteiger partial charge in [-0.25, -0.2) is 9.59 Å². The predicted octanol–water partition coefficient (Wildman–Crippen LogP) is 2.31. The molecule has 1 atom stereocenters. The number of halogens is 2. The van der Waals surface area contributed by atoms with Gasteiger partial charge in [0.15, 0.2) is 0 Å². The average Bonchev–Trinajstić information content (AvgIpc) is 2.57. The summed E-state index contributed by atoms with van der Waals surface area (Å²) in [7, 11) is 0. The highest BCUT2D eigenvalue weighted by molar-refractivity contribution is 6.42. The lowest BCUT2D eigenvalue weighted by Crippen LogP contribution is -2.45. The number of rotatable bonds is 7. The average molecular weight is 390 g/mol. The first-order valence-electron chi connectivity index (χ1n) is 7.45. The smallest absolute Gasteiger partial charge is 0.349 e. The van der Waals surface area contributed by atoms with E-state index in [2.05, 4.69) is 0 Å². The Morgan fingerprint density at radius 1 is 1.32 bits per heavy atom. The molecule has 1 aromatic carbocycles. The predicted molar refractivity (Wildman–Crippen MR) is 90.3 cm³/mol. The number of ether oxygens (including phenoxy) is 2. The SMILES string of the molecule is O=C(O)/C=C\C(=O)ON1CCOC(COCc2ccc(Cl)c(Cl)c2)C1. The third kappa shape index (κ3) is 7.01. The molecule has 1 unspecified atom stereocenters. The van der Waals surface area contributed by atoms with Crippen molar-refractivity contribution >= 4 is 35.1 Å². The maximum absolute atomic E-state index is 11.5. The quantitative estimate of drug-likeness (QED) is 0.716. The fourth-order valence-electron chi connectivity index (χ4n) is 2.11. The highest BCUT2D eigenvalue weighted by atomic mass is 35.5. The minimum atomic E-state index is -1.22. The van der Waals surface area contributed by atoms with Crippen LogP contribution in [0.15, 0.2) is 30.4 Å². The lowest BCUT2D eigenvalue weighted by atomic mass is 10.2. The summed E-state index contributed by atoms with van der Waals surface area (Å²) in [6.07, 6.45) is 1.31. The second-order valence-corrected chi connectivity index (χ2v) is 6.04. The summed E-state index contributed by atoms with van der Waals surface area (Å²) in [5, 5.41) is 10.8. The molecular weight excluding hydrogens is 373 g/mol. The number of benzene rings is 1. The zero-order valence-corrected chi connectivity index (χ0v) is 14.7. The van der Waals surface area contributed by atoms with Crippen LogP contribution in [0.25, 0.3) is 0 Å². The topological polar surface area (TPSA) is 85.3 Å². The third-order valence-electron chi connectivity index (χ3n) is 3.24. The summed E-state index contributed by atoms with van der Waals surface area (Å²) in [6.45, 7) is 1.75. The van der Waals surface area contributed by atoms with E-state index in [1.165, 1.54) is 5.06 Å². The highest BCUT2D eigenvalue weighted by Crippen LogP contribution is 2.23. The van der Waals surface area contributed by atoms with Crippen LogP contribution in [0.2, 0.25) is 10.0 Å². The van der Waals surface area contributed by atoms with E-state index in [1.54, 1.807) is 12.1 Å². The zero-order valence-electron chi connectivity index (χ0n) is 13.2. The van der Waals surface area contributed by atoms with Crippen LogP contribution in [-0.2, 0) is 30.5 Å². The van der Waals surface area contributed by atoms with Gasteiger partial charge in [0.05, 0.1) is 49.1 Å². The van der Waals surface area contributed by atoms with E-state index in [0.29, 0.717) is 43.0 Å². The fraction of sp³-hybridized carbons (Fsp3) is 0.375. The van der Waals surface area contributed by atoms with Crippen molar-refractivity contribution in [3.63, 3.8) is 0 Å². The number of carbonyl (C=O) groups is 2. The number of carbonyl (C=O) groups excluding carboxylic acids is 1. The summed E-state index contributed by atoms with van der Waals surface area (Å²) in [5.41, 5.74) is 0.882. The van der Waals surface area contributed by atoms with Crippen LogP contribution < -0.4 is 0 Å². The molecule has 1 fully saturated rings. The van der Waals surface area contributed by atoms with Crippen LogP contribution in [0.5, 0.6) is 0 Å². The van der Waals surface area contributed by atoms with Crippen LogP contribution in [-0.4, -0.2) is 54.5 Å². The lowest BCUT2D eigenvalue weighted by Gasteiger charge is -2.30. The van der Waals surface area contributed by atoms with E-state index in [1.807, 2.05) is 6.07 Å². The van der Waals surface area contributed by atoms with Crippen LogP contribution in [0.3, 0.4) is 0 Å². The van der Waals surface area contributed by atoms with E-state index in [9.17, 15) is 9.59 Å². The van der Waals surface area contributed by atoms with E-state index in [-0.39, 0.29) is 6.10 Å². The molecule has 0 aliphatic carbocycles. The minimum absolute atomic E-state index is 0.271. The molecule has 0 bridgehead atoms. The van der Waals surface area contributed by atoms with Gasteiger partial charge in [0.25, 0.3) is 0 Å².